The van der Waals surface area contributed by atoms with Gasteiger partial charge in [-0.2, -0.15) is 0 Å². The maximum Gasteiger partial charge on any atom is 0.214 e. The Bertz CT molecular complexity index is 729. The Kier molecular flexibility index (Phi) is 3.16. The molecule has 3 aromatic rings. The molecule has 0 unspecified atom stereocenters. The third-order valence-corrected chi connectivity index (χ3v) is 5.53. The van der Waals surface area contributed by atoms with E-state index < -0.39 is 0 Å². The highest BCUT2D eigenvalue weighted by molar-refractivity contribution is 7.99. The highest BCUT2D eigenvalue weighted by Crippen LogP contribution is 2.35. The topological polar surface area (TPSA) is 67.3 Å². The van der Waals surface area contributed by atoms with Crippen molar-refractivity contribution < 1.29 is 0 Å². The number of aromatic nitrogens is 5. The quantitative estimate of drug-likeness (QED) is 0.748. The molecule has 1 aliphatic rings. The summed E-state index contributed by atoms with van der Waals surface area (Å²) in [6, 6.07) is 2.01. The van der Waals surface area contributed by atoms with Crippen LogP contribution in [0.1, 0.15) is 37.4 Å². The van der Waals surface area contributed by atoms with Crippen molar-refractivity contribution in [3.05, 3.63) is 23.6 Å². The lowest BCUT2D eigenvalue weighted by Gasteiger charge is -2.01. The summed E-state index contributed by atoms with van der Waals surface area (Å²) in [5.74, 6) is 1.59. The zero-order valence-corrected chi connectivity index (χ0v) is 12.4. The molecule has 0 aromatic carbocycles. The molecule has 5 nitrogen and oxygen atoms in total. The first kappa shape index (κ1) is 12.3. The van der Waals surface area contributed by atoms with E-state index in [2.05, 4.69) is 25.1 Å². The number of fused-ring (bicyclic) bond motifs is 1. The summed E-state index contributed by atoms with van der Waals surface area (Å²) in [4.78, 5) is 13.2. The van der Waals surface area contributed by atoms with E-state index in [1.165, 1.54) is 37.4 Å². The van der Waals surface area contributed by atoms with Gasteiger partial charge >= 0.3 is 0 Å². The van der Waals surface area contributed by atoms with Crippen LogP contribution >= 0.6 is 23.1 Å². The van der Waals surface area contributed by atoms with Crippen LogP contribution in [0.25, 0.3) is 10.2 Å². The summed E-state index contributed by atoms with van der Waals surface area (Å²) >= 11 is 3.16. The number of hydrogen-bond acceptors (Lipinski definition) is 6. The van der Waals surface area contributed by atoms with Gasteiger partial charge in [0.1, 0.15) is 17.2 Å². The second-order valence-electron chi connectivity index (χ2n) is 4.90. The van der Waals surface area contributed by atoms with E-state index in [9.17, 15) is 0 Å². The predicted octanol–water partition coefficient (Wildman–Crippen LogP) is 3.62. The van der Waals surface area contributed by atoms with Gasteiger partial charge in [-0.05, 0) is 36.0 Å². The molecule has 0 spiro atoms. The second-order valence-corrected chi connectivity index (χ2v) is 6.77. The molecule has 0 radical (unpaired) electrons. The molecule has 7 heteroatoms. The first-order valence-electron chi connectivity index (χ1n) is 6.68. The van der Waals surface area contributed by atoms with Crippen molar-refractivity contribution >= 4 is 33.3 Å². The zero-order valence-electron chi connectivity index (χ0n) is 10.7. The molecular formula is C13H13N5S2. The molecule has 0 bridgehead atoms. The molecule has 3 heterocycles. The van der Waals surface area contributed by atoms with Crippen LogP contribution in [0.4, 0.5) is 0 Å². The van der Waals surface area contributed by atoms with Crippen molar-refractivity contribution in [1.82, 2.24) is 25.1 Å². The zero-order chi connectivity index (χ0) is 13.4. The Labute approximate surface area is 124 Å². The summed E-state index contributed by atoms with van der Waals surface area (Å²) in [5, 5.41) is 11.1. The number of aromatic amines is 1. The van der Waals surface area contributed by atoms with Crippen molar-refractivity contribution in [3.63, 3.8) is 0 Å². The van der Waals surface area contributed by atoms with Crippen LogP contribution in [0.2, 0.25) is 0 Å². The SMILES string of the molecule is c1nc(Sc2n[nH]c(C3CCCC3)n2)c2sccc2n1. The highest BCUT2D eigenvalue weighted by atomic mass is 32.2. The minimum Gasteiger partial charge on any atom is -0.262 e. The van der Waals surface area contributed by atoms with Gasteiger partial charge in [0, 0.05) is 5.92 Å². The molecule has 0 aliphatic heterocycles. The van der Waals surface area contributed by atoms with Crippen LogP contribution in [-0.4, -0.2) is 25.1 Å². The Balaban J connectivity index is 1.61. The predicted molar refractivity (Wildman–Crippen MR) is 79.1 cm³/mol. The van der Waals surface area contributed by atoms with E-state index in [1.807, 2.05) is 11.4 Å². The summed E-state index contributed by atoms with van der Waals surface area (Å²) in [6.07, 6.45) is 6.65. The van der Waals surface area contributed by atoms with E-state index in [-0.39, 0.29) is 0 Å². The number of hydrogen-bond donors (Lipinski definition) is 1. The molecule has 1 fully saturated rings. The lowest BCUT2D eigenvalue weighted by atomic mass is 10.1. The van der Waals surface area contributed by atoms with Crippen LogP contribution in [0.5, 0.6) is 0 Å². The average Bonchev–Trinajstić information content (AvgIpc) is 3.20. The summed E-state index contributed by atoms with van der Waals surface area (Å²) in [5.41, 5.74) is 0.985. The highest BCUT2D eigenvalue weighted by Gasteiger charge is 2.21. The molecule has 3 aromatic heterocycles. The molecule has 0 amide bonds. The number of thiophene rings is 1. The van der Waals surface area contributed by atoms with Crippen LogP contribution in [0.15, 0.2) is 28.0 Å². The third kappa shape index (κ3) is 2.20. The lowest BCUT2D eigenvalue weighted by Crippen LogP contribution is -1.94. The smallest absolute Gasteiger partial charge is 0.214 e. The Morgan fingerprint density at radius 1 is 1.25 bits per heavy atom. The van der Waals surface area contributed by atoms with Gasteiger partial charge in [-0.1, -0.05) is 12.8 Å². The van der Waals surface area contributed by atoms with Crippen LogP contribution < -0.4 is 0 Å². The standard InChI is InChI=1S/C13H13N5S2/c1-2-4-8(3-1)11-16-13(18-17-11)20-12-10-9(5-6-19-10)14-7-15-12/h5-8H,1-4H2,(H,16,17,18). The summed E-state index contributed by atoms with van der Waals surface area (Å²) in [6.45, 7) is 0. The molecule has 102 valence electrons. The van der Waals surface area contributed by atoms with Crippen molar-refractivity contribution in [3.8, 4) is 0 Å². The van der Waals surface area contributed by atoms with Crippen molar-refractivity contribution in [2.75, 3.05) is 0 Å². The lowest BCUT2D eigenvalue weighted by molar-refractivity contribution is 0.671. The van der Waals surface area contributed by atoms with Crippen LogP contribution in [0.3, 0.4) is 0 Å². The van der Waals surface area contributed by atoms with Crippen molar-refractivity contribution in [1.29, 1.82) is 0 Å². The fraction of sp³-hybridized carbons (Fsp3) is 0.385. The fourth-order valence-corrected chi connectivity index (χ4v) is 4.31. The van der Waals surface area contributed by atoms with Gasteiger partial charge < -0.3 is 0 Å². The average molecular weight is 303 g/mol. The monoisotopic (exact) mass is 303 g/mol. The largest absolute Gasteiger partial charge is 0.262 e. The number of nitrogens with one attached hydrogen (secondary N) is 1. The molecule has 4 rings (SSSR count). The molecule has 0 saturated heterocycles. The maximum atomic E-state index is 4.62. The molecule has 20 heavy (non-hydrogen) atoms. The summed E-state index contributed by atoms with van der Waals surface area (Å²) < 4.78 is 1.10. The van der Waals surface area contributed by atoms with Crippen LogP contribution in [-0.2, 0) is 0 Å². The molecule has 0 atom stereocenters. The second kappa shape index (κ2) is 5.14. The van der Waals surface area contributed by atoms with E-state index >= 15 is 0 Å². The van der Waals surface area contributed by atoms with E-state index in [0.29, 0.717) is 5.92 Å². The maximum absolute atomic E-state index is 4.62. The van der Waals surface area contributed by atoms with Gasteiger partial charge in [0.25, 0.3) is 0 Å². The first-order valence-corrected chi connectivity index (χ1v) is 8.38. The van der Waals surface area contributed by atoms with Gasteiger partial charge in [0.15, 0.2) is 0 Å². The Morgan fingerprint density at radius 3 is 3.05 bits per heavy atom. The van der Waals surface area contributed by atoms with E-state index in [1.54, 1.807) is 17.7 Å². The number of nitrogens with zero attached hydrogens (tertiary/aromatic N) is 4. The van der Waals surface area contributed by atoms with Gasteiger partial charge in [-0.15, -0.1) is 16.4 Å². The van der Waals surface area contributed by atoms with Gasteiger partial charge in [-0.3, -0.25) is 5.10 Å². The number of H-pyrrole nitrogens is 1. The fourth-order valence-electron chi connectivity index (χ4n) is 2.61. The van der Waals surface area contributed by atoms with Crippen molar-refractivity contribution in [2.45, 2.75) is 41.8 Å². The number of rotatable bonds is 3. The van der Waals surface area contributed by atoms with Gasteiger partial charge in [-0.25, -0.2) is 15.0 Å². The van der Waals surface area contributed by atoms with E-state index in [0.717, 1.165) is 26.2 Å². The third-order valence-electron chi connectivity index (χ3n) is 3.62. The molecular weight excluding hydrogens is 290 g/mol. The van der Waals surface area contributed by atoms with Gasteiger partial charge in [0.2, 0.25) is 5.16 Å². The van der Waals surface area contributed by atoms with Gasteiger partial charge in [0.05, 0.1) is 10.2 Å². The molecule has 1 N–H and O–H groups in total. The Hall–Kier alpha value is -1.47. The first-order chi connectivity index (χ1) is 9.90. The van der Waals surface area contributed by atoms with Crippen LogP contribution in [0, 0.1) is 0 Å². The van der Waals surface area contributed by atoms with E-state index in [4.69, 9.17) is 0 Å². The molecule has 1 aliphatic carbocycles. The van der Waals surface area contributed by atoms with Crippen molar-refractivity contribution in [2.24, 2.45) is 0 Å². The normalized spacial score (nSPS) is 16.2. The minimum absolute atomic E-state index is 0.559. The summed E-state index contributed by atoms with van der Waals surface area (Å²) in [7, 11) is 0. The minimum atomic E-state index is 0.559. The molecule has 1 saturated carbocycles. The Morgan fingerprint density at radius 2 is 2.15 bits per heavy atom.